The summed E-state index contributed by atoms with van der Waals surface area (Å²) in [7, 11) is 0. The first-order valence-electron chi connectivity index (χ1n) is 7.17. The van der Waals surface area contributed by atoms with Gasteiger partial charge in [0.1, 0.15) is 11.6 Å². The molecular weight excluding hydrogens is 337 g/mol. The summed E-state index contributed by atoms with van der Waals surface area (Å²) in [6.45, 7) is 0.508. The fourth-order valence-electron chi connectivity index (χ4n) is 1.78. The molecule has 0 atom stereocenters. The average molecular weight is 354 g/mol. The second-order valence-corrected chi connectivity index (χ2v) is 6.30. The first-order chi connectivity index (χ1) is 11.1. The minimum absolute atomic E-state index is 0.0607. The van der Waals surface area contributed by atoms with Crippen LogP contribution in [0.5, 0.6) is 5.75 Å². The molecule has 2 rings (SSSR count). The number of rotatable bonds is 8. The number of halogens is 2. The van der Waals surface area contributed by atoms with Gasteiger partial charge in [0.25, 0.3) is 5.91 Å². The van der Waals surface area contributed by atoms with E-state index in [1.807, 2.05) is 0 Å². The number of hydrogen-bond acceptors (Lipinski definition) is 3. The summed E-state index contributed by atoms with van der Waals surface area (Å²) in [5, 5.41) is 3.27. The summed E-state index contributed by atoms with van der Waals surface area (Å²) in [5.74, 6) is 0.921. The Hall–Kier alpha value is -1.72. The maximum atomic E-state index is 12.8. The summed E-state index contributed by atoms with van der Waals surface area (Å²) in [5.41, 5.74) is 0. The Morgan fingerprint density at radius 1 is 1.17 bits per heavy atom. The molecule has 0 radical (unpaired) electrons. The fraction of sp³-hybridized carbons (Fsp3) is 0.235. The van der Waals surface area contributed by atoms with Gasteiger partial charge in [-0.2, -0.15) is 0 Å². The Bertz CT molecular complexity index is 637. The fourth-order valence-corrected chi connectivity index (χ4v) is 2.82. The van der Waals surface area contributed by atoms with E-state index in [0.29, 0.717) is 17.3 Å². The number of nitrogens with one attached hydrogen (secondary N) is 1. The normalized spacial score (nSPS) is 10.3. The zero-order valence-electron chi connectivity index (χ0n) is 12.4. The first-order valence-corrected chi connectivity index (χ1v) is 8.54. The lowest BCUT2D eigenvalue weighted by molar-refractivity contribution is -0.123. The van der Waals surface area contributed by atoms with Crippen molar-refractivity contribution in [2.45, 2.75) is 11.3 Å². The minimum Gasteiger partial charge on any atom is -0.482 e. The Morgan fingerprint density at radius 3 is 2.65 bits per heavy atom. The molecular formula is C17H17ClFNO2S. The van der Waals surface area contributed by atoms with Crippen LogP contribution in [0.1, 0.15) is 6.42 Å². The minimum atomic E-state index is -0.236. The molecule has 0 spiro atoms. The predicted octanol–water partition coefficient (Wildman–Crippen LogP) is 4.16. The van der Waals surface area contributed by atoms with Crippen LogP contribution in [-0.2, 0) is 4.79 Å². The number of amides is 1. The molecule has 1 amide bonds. The first kappa shape index (κ1) is 17.6. The van der Waals surface area contributed by atoms with Gasteiger partial charge in [-0.25, -0.2) is 4.39 Å². The topological polar surface area (TPSA) is 38.3 Å². The number of ether oxygens (including phenoxy) is 1. The third kappa shape index (κ3) is 6.50. The highest BCUT2D eigenvalue weighted by molar-refractivity contribution is 7.99. The van der Waals surface area contributed by atoms with Crippen molar-refractivity contribution in [1.29, 1.82) is 0 Å². The van der Waals surface area contributed by atoms with Crippen molar-refractivity contribution >= 4 is 29.3 Å². The van der Waals surface area contributed by atoms with Crippen molar-refractivity contribution < 1.29 is 13.9 Å². The number of hydrogen-bond donors (Lipinski definition) is 1. The molecule has 0 bridgehead atoms. The van der Waals surface area contributed by atoms with Gasteiger partial charge in [-0.05, 0) is 48.6 Å². The van der Waals surface area contributed by atoms with Crippen LogP contribution in [0.15, 0.2) is 53.4 Å². The van der Waals surface area contributed by atoms with Crippen molar-refractivity contribution in [3.05, 3.63) is 59.4 Å². The van der Waals surface area contributed by atoms with Gasteiger partial charge in [-0.1, -0.05) is 23.7 Å². The highest BCUT2D eigenvalue weighted by Crippen LogP contribution is 2.22. The number of carbonyl (C=O) groups excluding carboxylic acids is 1. The SMILES string of the molecule is O=C(COc1ccccc1Cl)NCCCSc1ccc(F)cc1. The van der Waals surface area contributed by atoms with E-state index in [-0.39, 0.29) is 18.3 Å². The summed E-state index contributed by atoms with van der Waals surface area (Å²) >= 11 is 7.56. The lowest BCUT2D eigenvalue weighted by atomic mass is 10.3. The van der Waals surface area contributed by atoms with Crippen LogP contribution in [-0.4, -0.2) is 24.8 Å². The highest BCUT2D eigenvalue weighted by atomic mass is 35.5. The molecule has 6 heteroatoms. The summed E-state index contributed by atoms with van der Waals surface area (Å²) in [6.07, 6.45) is 0.819. The molecule has 0 unspecified atom stereocenters. The zero-order chi connectivity index (χ0) is 16.5. The Labute approximate surface area is 144 Å². The largest absolute Gasteiger partial charge is 0.482 e. The van der Waals surface area contributed by atoms with Crippen LogP contribution >= 0.6 is 23.4 Å². The van der Waals surface area contributed by atoms with Crippen molar-refractivity contribution in [2.75, 3.05) is 18.9 Å². The van der Waals surface area contributed by atoms with E-state index in [4.69, 9.17) is 16.3 Å². The molecule has 0 aliphatic heterocycles. The quantitative estimate of drug-likeness (QED) is 0.572. The number of benzene rings is 2. The lowest BCUT2D eigenvalue weighted by Gasteiger charge is -2.08. The molecule has 23 heavy (non-hydrogen) atoms. The van der Waals surface area contributed by atoms with Gasteiger partial charge >= 0.3 is 0 Å². The summed E-state index contributed by atoms with van der Waals surface area (Å²) < 4.78 is 18.1. The molecule has 0 fully saturated rings. The van der Waals surface area contributed by atoms with E-state index in [2.05, 4.69) is 5.32 Å². The van der Waals surface area contributed by atoms with E-state index in [1.54, 1.807) is 48.2 Å². The van der Waals surface area contributed by atoms with Crippen molar-refractivity contribution in [3.8, 4) is 5.75 Å². The number of para-hydroxylation sites is 1. The third-order valence-electron chi connectivity index (χ3n) is 2.92. The molecule has 0 saturated carbocycles. The van der Waals surface area contributed by atoms with E-state index in [9.17, 15) is 9.18 Å². The van der Waals surface area contributed by atoms with Crippen LogP contribution in [0.4, 0.5) is 4.39 Å². The van der Waals surface area contributed by atoms with Gasteiger partial charge in [-0.3, -0.25) is 4.79 Å². The van der Waals surface area contributed by atoms with E-state index >= 15 is 0 Å². The van der Waals surface area contributed by atoms with Crippen LogP contribution in [0.2, 0.25) is 5.02 Å². The van der Waals surface area contributed by atoms with Crippen LogP contribution in [0, 0.1) is 5.82 Å². The summed E-state index contributed by atoms with van der Waals surface area (Å²) in [4.78, 5) is 12.7. The maximum absolute atomic E-state index is 12.8. The van der Waals surface area contributed by atoms with Crippen molar-refractivity contribution in [3.63, 3.8) is 0 Å². The second kappa shape index (κ2) is 9.43. The zero-order valence-corrected chi connectivity index (χ0v) is 14.0. The van der Waals surface area contributed by atoms with Crippen molar-refractivity contribution in [1.82, 2.24) is 5.32 Å². The van der Waals surface area contributed by atoms with Gasteiger partial charge in [0, 0.05) is 11.4 Å². The van der Waals surface area contributed by atoms with Gasteiger partial charge < -0.3 is 10.1 Å². The molecule has 2 aromatic carbocycles. The van der Waals surface area contributed by atoms with Gasteiger partial charge in [-0.15, -0.1) is 11.8 Å². The molecule has 1 N–H and O–H groups in total. The third-order valence-corrected chi connectivity index (χ3v) is 4.33. The van der Waals surface area contributed by atoms with E-state index < -0.39 is 0 Å². The van der Waals surface area contributed by atoms with Crippen LogP contribution in [0.3, 0.4) is 0 Å². The average Bonchev–Trinajstić information content (AvgIpc) is 2.55. The molecule has 0 aromatic heterocycles. The number of carbonyl (C=O) groups is 1. The molecule has 0 aliphatic carbocycles. The lowest BCUT2D eigenvalue weighted by Crippen LogP contribution is -2.29. The summed E-state index contributed by atoms with van der Waals surface area (Å²) in [6, 6.07) is 13.4. The van der Waals surface area contributed by atoms with Gasteiger partial charge in [0.15, 0.2) is 6.61 Å². The van der Waals surface area contributed by atoms with Crippen LogP contribution in [0.25, 0.3) is 0 Å². The smallest absolute Gasteiger partial charge is 0.257 e. The Balaban J connectivity index is 1.58. The molecule has 0 heterocycles. The number of thioether (sulfide) groups is 1. The Kier molecular flexibility index (Phi) is 7.23. The predicted molar refractivity (Wildman–Crippen MR) is 91.7 cm³/mol. The van der Waals surface area contributed by atoms with Crippen LogP contribution < -0.4 is 10.1 Å². The van der Waals surface area contributed by atoms with E-state index in [0.717, 1.165) is 17.1 Å². The second-order valence-electron chi connectivity index (χ2n) is 4.72. The molecule has 3 nitrogen and oxygen atoms in total. The molecule has 0 aliphatic rings. The standard InChI is InChI=1S/C17H17ClFNO2S/c18-15-4-1-2-5-16(15)22-12-17(21)20-10-3-11-23-14-8-6-13(19)7-9-14/h1-2,4-9H,3,10-12H2,(H,20,21). The molecule has 2 aromatic rings. The molecule has 0 saturated heterocycles. The van der Waals surface area contributed by atoms with Gasteiger partial charge in [0.2, 0.25) is 0 Å². The Morgan fingerprint density at radius 2 is 1.91 bits per heavy atom. The van der Waals surface area contributed by atoms with Gasteiger partial charge in [0.05, 0.1) is 5.02 Å². The maximum Gasteiger partial charge on any atom is 0.257 e. The monoisotopic (exact) mass is 353 g/mol. The van der Waals surface area contributed by atoms with Crippen molar-refractivity contribution in [2.24, 2.45) is 0 Å². The highest BCUT2D eigenvalue weighted by Gasteiger charge is 2.04. The van der Waals surface area contributed by atoms with E-state index in [1.165, 1.54) is 12.1 Å². The molecule has 122 valence electrons.